The normalized spacial score (nSPS) is 13.7. The number of amides is 2. The molecule has 0 fully saturated rings. The number of esters is 1. The van der Waals surface area contributed by atoms with Gasteiger partial charge in [-0.15, -0.1) is 0 Å². The highest BCUT2D eigenvalue weighted by Crippen LogP contribution is 2.19. The van der Waals surface area contributed by atoms with Crippen LogP contribution < -0.4 is 0 Å². The van der Waals surface area contributed by atoms with Gasteiger partial charge in [0.15, 0.2) is 6.61 Å². The Morgan fingerprint density at radius 3 is 2.85 bits per heavy atom. The van der Waals surface area contributed by atoms with E-state index in [2.05, 4.69) is 4.74 Å². The minimum absolute atomic E-state index is 0.0315. The maximum absolute atomic E-state index is 12.2. The summed E-state index contributed by atoms with van der Waals surface area (Å²) >= 11 is 0. The van der Waals surface area contributed by atoms with Gasteiger partial charge in [0.05, 0.1) is 12.8 Å². The molecule has 0 aromatic heterocycles. The molecule has 0 atom stereocenters. The molecule has 0 radical (unpaired) electrons. The number of carbonyl (C=O) groups is 3. The average molecular weight is 272 g/mol. The number of carbonyl (C=O) groups excluding carboxylic acids is 3. The first-order chi connectivity index (χ1) is 9.63. The van der Waals surface area contributed by atoms with Crippen LogP contribution in [0, 0.1) is 11.3 Å². The number of imide groups is 1. The van der Waals surface area contributed by atoms with Gasteiger partial charge in [-0.1, -0.05) is 18.2 Å². The monoisotopic (exact) mass is 272 g/mol. The van der Waals surface area contributed by atoms with Crippen LogP contribution in [0.5, 0.6) is 0 Å². The van der Waals surface area contributed by atoms with Crippen LogP contribution >= 0.6 is 0 Å². The van der Waals surface area contributed by atoms with Gasteiger partial charge in [0, 0.05) is 12.1 Å². The lowest BCUT2D eigenvalue weighted by Crippen LogP contribution is -2.43. The van der Waals surface area contributed by atoms with Crippen LogP contribution in [-0.2, 0) is 20.7 Å². The molecule has 1 aliphatic rings. The summed E-state index contributed by atoms with van der Waals surface area (Å²) in [5.41, 5.74) is 1.18. The summed E-state index contributed by atoms with van der Waals surface area (Å²) in [6.45, 7) is -0.361. The Balaban J connectivity index is 2.03. The summed E-state index contributed by atoms with van der Waals surface area (Å²) in [6.07, 6.45) is 0.0382. The Labute approximate surface area is 115 Å². The van der Waals surface area contributed by atoms with Gasteiger partial charge >= 0.3 is 5.97 Å². The average Bonchev–Trinajstić information content (AvgIpc) is 2.45. The van der Waals surface area contributed by atoms with Gasteiger partial charge in [0.25, 0.3) is 5.91 Å². The summed E-state index contributed by atoms with van der Waals surface area (Å²) in [7, 11) is 0. The topological polar surface area (TPSA) is 87.5 Å². The van der Waals surface area contributed by atoms with E-state index in [0.717, 1.165) is 4.90 Å². The van der Waals surface area contributed by atoms with Gasteiger partial charge in [-0.25, -0.2) is 0 Å². The number of rotatable bonds is 4. The lowest BCUT2D eigenvalue weighted by atomic mass is 9.98. The second kappa shape index (κ2) is 5.97. The lowest BCUT2D eigenvalue weighted by Gasteiger charge is -2.26. The Morgan fingerprint density at radius 2 is 2.10 bits per heavy atom. The van der Waals surface area contributed by atoms with Gasteiger partial charge in [0.1, 0.15) is 6.07 Å². The first kappa shape index (κ1) is 13.7. The highest BCUT2D eigenvalue weighted by molar-refractivity contribution is 6.09. The van der Waals surface area contributed by atoms with Crippen molar-refractivity contribution in [3.05, 3.63) is 35.4 Å². The van der Waals surface area contributed by atoms with E-state index in [1.54, 1.807) is 30.3 Å². The maximum Gasteiger partial charge on any atom is 0.308 e. The molecule has 0 spiro atoms. The molecule has 1 aromatic carbocycles. The quantitative estimate of drug-likeness (QED) is 0.593. The fourth-order valence-corrected chi connectivity index (χ4v) is 2.01. The van der Waals surface area contributed by atoms with E-state index in [1.165, 1.54) is 0 Å². The van der Waals surface area contributed by atoms with Crippen LogP contribution in [0.1, 0.15) is 22.3 Å². The molecule has 20 heavy (non-hydrogen) atoms. The van der Waals surface area contributed by atoms with Crippen molar-refractivity contribution < 1.29 is 19.1 Å². The van der Waals surface area contributed by atoms with Crippen molar-refractivity contribution in [1.29, 1.82) is 5.26 Å². The molecule has 0 unspecified atom stereocenters. The van der Waals surface area contributed by atoms with E-state index in [9.17, 15) is 14.4 Å². The zero-order valence-corrected chi connectivity index (χ0v) is 10.7. The van der Waals surface area contributed by atoms with Gasteiger partial charge < -0.3 is 4.74 Å². The third kappa shape index (κ3) is 2.83. The van der Waals surface area contributed by atoms with E-state index < -0.39 is 11.9 Å². The molecule has 0 saturated heterocycles. The lowest BCUT2D eigenvalue weighted by molar-refractivity contribution is -0.142. The van der Waals surface area contributed by atoms with Gasteiger partial charge in [-0.2, -0.15) is 5.26 Å². The molecule has 1 heterocycles. The van der Waals surface area contributed by atoms with E-state index in [4.69, 9.17) is 5.26 Å². The first-order valence-corrected chi connectivity index (χ1v) is 6.08. The summed E-state index contributed by atoms with van der Waals surface area (Å²) in [6, 6.07) is 8.57. The van der Waals surface area contributed by atoms with Gasteiger partial charge in [-0.3, -0.25) is 19.3 Å². The molecular weight excluding hydrogens is 260 g/mol. The van der Waals surface area contributed by atoms with Gasteiger partial charge in [-0.05, 0) is 11.6 Å². The van der Waals surface area contributed by atoms with Crippen LogP contribution in [0.2, 0.25) is 0 Å². The molecule has 6 heteroatoms. The van der Waals surface area contributed by atoms with Crippen molar-refractivity contribution in [3.8, 4) is 6.07 Å². The number of nitrogens with zero attached hydrogens (tertiary/aromatic N) is 2. The molecule has 0 saturated carbocycles. The summed E-state index contributed by atoms with van der Waals surface area (Å²) in [5, 5.41) is 8.28. The van der Waals surface area contributed by atoms with Crippen LogP contribution in [0.3, 0.4) is 0 Å². The number of hydrogen-bond acceptors (Lipinski definition) is 5. The van der Waals surface area contributed by atoms with E-state index in [0.29, 0.717) is 11.1 Å². The van der Waals surface area contributed by atoms with Crippen LogP contribution in [-0.4, -0.2) is 35.8 Å². The molecule has 0 N–H and O–H groups in total. The number of hydrogen-bond donors (Lipinski definition) is 0. The zero-order chi connectivity index (χ0) is 14.5. The summed E-state index contributed by atoms with van der Waals surface area (Å²) in [5.74, 6) is -1.34. The molecule has 6 nitrogen and oxygen atoms in total. The van der Waals surface area contributed by atoms with E-state index >= 15 is 0 Å². The molecular formula is C14H12N2O4. The van der Waals surface area contributed by atoms with Gasteiger partial charge in [0.2, 0.25) is 5.91 Å². The number of fused-ring (bicyclic) bond motifs is 1. The minimum atomic E-state index is -0.606. The fourth-order valence-electron chi connectivity index (χ4n) is 2.01. The highest BCUT2D eigenvalue weighted by Gasteiger charge is 2.30. The number of nitriles is 1. The molecule has 0 aliphatic carbocycles. The van der Waals surface area contributed by atoms with Crippen molar-refractivity contribution in [2.24, 2.45) is 0 Å². The van der Waals surface area contributed by atoms with Crippen LogP contribution in [0.4, 0.5) is 0 Å². The van der Waals surface area contributed by atoms with Crippen LogP contribution in [0.25, 0.3) is 0 Å². The summed E-state index contributed by atoms with van der Waals surface area (Å²) in [4.78, 5) is 36.4. The Bertz CT molecular complexity index is 603. The van der Waals surface area contributed by atoms with Crippen LogP contribution in [0.15, 0.2) is 24.3 Å². The third-order valence-electron chi connectivity index (χ3n) is 2.97. The van der Waals surface area contributed by atoms with E-state index in [-0.39, 0.29) is 31.9 Å². The highest BCUT2D eigenvalue weighted by atomic mass is 16.5. The minimum Gasteiger partial charge on any atom is -0.450 e. The number of benzene rings is 1. The predicted octanol–water partition coefficient (Wildman–Crippen LogP) is 0.668. The predicted molar refractivity (Wildman–Crippen MR) is 67.4 cm³/mol. The molecule has 2 rings (SSSR count). The molecule has 102 valence electrons. The second-order valence-corrected chi connectivity index (χ2v) is 4.25. The first-order valence-electron chi connectivity index (χ1n) is 6.08. The largest absolute Gasteiger partial charge is 0.450 e. The summed E-state index contributed by atoms with van der Waals surface area (Å²) < 4.78 is 4.57. The van der Waals surface area contributed by atoms with E-state index in [1.807, 2.05) is 0 Å². The Morgan fingerprint density at radius 1 is 1.35 bits per heavy atom. The van der Waals surface area contributed by atoms with Crippen molar-refractivity contribution >= 4 is 17.8 Å². The Kier molecular flexibility index (Phi) is 4.11. The van der Waals surface area contributed by atoms with Crippen molar-refractivity contribution in [1.82, 2.24) is 4.90 Å². The molecule has 1 aromatic rings. The van der Waals surface area contributed by atoms with Crippen molar-refractivity contribution in [2.45, 2.75) is 12.8 Å². The molecule has 0 bridgehead atoms. The third-order valence-corrected chi connectivity index (χ3v) is 2.97. The SMILES string of the molecule is N#CCOC(=O)CCN1C(=O)Cc2ccccc2C1=O. The van der Waals surface area contributed by atoms with Crippen molar-refractivity contribution in [3.63, 3.8) is 0 Å². The zero-order valence-electron chi connectivity index (χ0n) is 10.7. The maximum atomic E-state index is 12.2. The number of ether oxygens (including phenoxy) is 1. The fraction of sp³-hybridized carbons (Fsp3) is 0.286. The molecule has 1 aliphatic heterocycles. The van der Waals surface area contributed by atoms with Crippen molar-refractivity contribution in [2.75, 3.05) is 13.2 Å². The standard InChI is InChI=1S/C14H12N2O4/c15-6-8-20-13(18)5-7-16-12(17)9-10-3-1-2-4-11(10)14(16)19/h1-4H,5,7-9H2. The second-order valence-electron chi connectivity index (χ2n) is 4.25. The Hall–Kier alpha value is -2.68. The molecule has 2 amide bonds. The smallest absolute Gasteiger partial charge is 0.308 e.